The smallest absolute Gasteiger partial charge is 0.313 e. The van der Waals surface area contributed by atoms with Crippen LogP contribution in [0.5, 0.6) is 5.75 Å². The minimum absolute atomic E-state index is 0.0403. The second-order valence-corrected chi connectivity index (χ2v) is 11.6. The summed E-state index contributed by atoms with van der Waals surface area (Å²) >= 11 is 9.89. The van der Waals surface area contributed by atoms with Gasteiger partial charge in [-0.3, -0.25) is 14.9 Å². The summed E-state index contributed by atoms with van der Waals surface area (Å²) in [5, 5.41) is 18.9. The van der Waals surface area contributed by atoms with Gasteiger partial charge in [0, 0.05) is 21.5 Å². The van der Waals surface area contributed by atoms with Crippen molar-refractivity contribution in [2.24, 2.45) is 5.10 Å². The molecule has 5 aromatic rings. The lowest BCUT2D eigenvalue weighted by atomic mass is 9.95. The van der Waals surface area contributed by atoms with Crippen molar-refractivity contribution in [3.8, 4) is 5.75 Å². The van der Waals surface area contributed by atoms with Crippen LogP contribution in [0.3, 0.4) is 0 Å². The summed E-state index contributed by atoms with van der Waals surface area (Å²) in [5.74, 6) is 0.403. The summed E-state index contributed by atoms with van der Waals surface area (Å²) < 4.78 is 7.85. The Kier molecular flexibility index (Phi) is 7.44. The summed E-state index contributed by atoms with van der Waals surface area (Å²) in [7, 11) is 0. The van der Waals surface area contributed by atoms with E-state index in [1.165, 1.54) is 23.0 Å². The zero-order valence-electron chi connectivity index (χ0n) is 21.9. The lowest BCUT2D eigenvalue weighted by molar-refractivity contribution is -0.385. The Balaban J connectivity index is 1.53. The standard InChI is InChI=1S/C30H24BrClN4O4/c1-30(2,3)29-34-25-12-11-21(31)15-23(25)28(37)35(29)33-16-18-13-24(32)27(26(14-18)36(38)39)40-17-20-9-6-8-19-7-4-5-10-22(19)20/h4-16H,17H2,1-3H3. The van der Waals surface area contributed by atoms with Crippen molar-refractivity contribution >= 4 is 61.1 Å². The van der Waals surface area contributed by atoms with Gasteiger partial charge >= 0.3 is 5.69 Å². The van der Waals surface area contributed by atoms with Gasteiger partial charge in [0.05, 0.1) is 27.1 Å². The maximum Gasteiger partial charge on any atom is 0.313 e. The number of nitro benzene ring substituents is 1. The largest absolute Gasteiger partial charge is 0.481 e. The summed E-state index contributed by atoms with van der Waals surface area (Å²) in [6.07, 6.45) is 1.36. The third-order valence-corrected chi connectivity index (χ3v) is 7.07. The van der Waals surface area contributed by atoms with Crippen LogP contribution in [-0.4, -0.2) is 20.8 Å². The van der Waals surface area contributed by atoms with Crippen LogP contribution in [0.1, 0.15) is 37.7 Å². The normalized spacial score (nSPS) is 11.9. The van der Waals surface area contributed by atoms with Gasteiger partial charge in [0.1, 0.15) is 12.4 Å². The molecular weight excluding hydrogens is 596 g/mol. The molecule has 0 unspecified atom stereocenters. The maximum absolute atomic E-state index is 13.4. The number of rotatable bonds is 6. The van der Waals surface area contributed by atoms with Crippen molar-refractivity contribution in [2.75, 3.05) is 0 Å². The average molecular weight is 620 g/mol. The first-order chi connectivity index (χ1) is 19.0. The van der Waals surface area contributed by atoms with Gasteiger partial charge in [-0.25, -0.2) is 4.98 Å². The zero-order chi connectivity index (χ0) is 28.6. The number of aromatic nitrogens is 2. The van der Waals surface area contributed by atoms with Crippen LogP contribution in [0.25, 0.3) is 21.7 Å². The molecular formula is C30H24BrClN4O4. The zero-order valence-corrected chi connectivity index (χ0v) is 24.2. The molecule has 0 N–H and O–H groups in total. The topological polar surface area (TPSA) is 99.6 Å². The number of halogens is 2. The summed E-state index contributed by atoms with van der Waals surface area (Å²) in [6.45, 7) is 5.87. The van der Waals surface area contributed by atoms with Crippen molar-refractivity contribution in [1.29, 1.82) is 0 Å². The molecule has 0 bridgehead atoms. The molecule has 0 saturated carbocycles. The minimum Gasteiger partial charge on any atom is -0.481 e. The molecule has 0 saturated heterocycles. The van der Waals surface area contributed by atoms with E-state index in [2.05, 4.69) is 26.0 Å². The number of benzene rings is 4. The molecule has 8 nitrogen and oxygen atoms in total. The number of nitrogens with zero attached hydrogens (tertiary/aromatic N) is 4. The highest BCUT2D eigenvalue weighted by Gasteiger charge is 2.24. The molecule has 0 aliphatic rings. The molecule has 0 radical (unpaired) electrons. The van der Waals surface area contributed by atoms with E-state index in [4.69, 9.17) is 16.3 Å². The second kappa shape index (κ2) is 10.8. The van der Waals surface area contributed by atoms with Gasteiger partial charge in [0.2, 0.25) is 5.75 Å². The fourth-order valence-electron chi connectivity index (χ4n) is 4.39. The molecule has 5 rings (SSSR count). The molecule has 0 fully saturated rings. The van der Waals surface area contributed by atoms with Crippen LogP contribution in [-0.2, 0) is 12.0 Å². The molecule has 10 heteroatoms. The molecule has 0 spiro atoms. The fourth-order valence-corrected chi connectivity index (χ4v) is 5.02. The average Bonchev–Trinajstić information content (AvgIpc) is 2.91. The Morgan fingerprint density at radius 1 is 1.07 bits per heavy atom. The number of hydrogen-bond acceptors (Lipinski definition) is 6. The Hall–Kier alpha value is -4.08. The highest BCUT2D eigenvalue weighted by molar-refractivity contribution is 9.10. The van der Waals surface area contributed by atoms with Crippen molar-refractivity contribution < 1.29 is 9.66 Å². The van der Waals surface area contributed by atoms with Crippen LogP contribution >= 0.6 is 27.5 Å². The van der Waals surface area contributed by atoms with E-state index in [0.717, 1.165) is 20.8 Å². The summed E-state index contributed by atoms with van der Waals surface area (Å²) in [4.78, 5) is 29.5. The van der Waals surface area contributed by atoms with Crippen LogP contribution in [0.15, 0.2) is 87.2 Å². The first-order valence-electron chi connectivity index (χ1n) is 12.4. The Morgan fingerprint density at radius 3 is 2.58 bits per heavy atom. The van der Waals surface area contributed by atoms with Crippen molar-refractivity contribution in [2.45, 2.75) is 32.8 Å². The Labute approximate surface area is 243 Å². The van der Waals surface area contributed by atoms with Gasteiger partial charge in [-0.2, -0.15) is 9.78 Å². The van der Waals surface area contributed by atoms with Crippen LogP contribution in [0.4, 0.5) is 5.69 Å². The number of ether oxygens (including phenoxy) is 1. The molecule has 0 atom stereocenters. The quantitative estimate of drug-likeness (QED) is 0.111. The molecule has 40 heavy (non-hydrogen) atoms. The van der Waals surface area contributed by atoms with Crippen molar-refractivity contribution in [1.82, 2.24) is 9.66 Å². The van der Waals surface area contributed by atoms with E-state index >= 15 is 0 Å². The minimum atomic E-state index is -0.552. The van der Waals surface area contributed by atoms with Gasteiger partial charge in [-0.1, -0.05) is 90.8 Å². The third-order valence-electron chi connectivity index (χ3n) is 6.30. The van der Waals surface area contributed by atoms with Gasteiger partial charge in [0.25, 0.3) is 5.56 Å². The molecule has 0 aliphatic carbocycles. The SMILES string of the molecule is CC(C)(C)c1nc2ccc(Br)cc2c(=O)n1N=Cc1cc(Cl)c(OCc2cccc3ccccc23)c([N+](=O)[O-])c1. The first-order valence-corrected chi connectivity index (χ1v) is 13.5. The van der Waals surface area contributed by atoms with Crippen LogP contribution < -0.4 is 10.3 Å². The van der Waals surface area contributed by atoms with E-state index in [-0.39, 0.29) is 28.6 Å². The number of hydrogen-bond donors (Lipinski definition) is 0. The van der Waals surface area contributed by atoms with Gasteiger partial charge < -0.3 is 4.74 Å². The molecule has 0 amide bonds. The fraction of sp³-hybridized carbons (Fsp3) is 0.167. The van der Waals surface area contributed by atoms with Crippen LogP contribution in [0.2, 0.25) is 5.02 Å². The maximum atomic E-state index is 13.4. The molecule has 202 valence electrons. The third kappa shape index (κ3) is 5.48. The predicted octanol–water partition coefficient (Wildman–Crippen LogP) is 7.63. The number of fused-ring (bicyclic) bond motifs is 2. The molecule has 4 aromatic carbocycles. The summed E-state index contributed by atoms with van der Waals surface area (Å²) in [6, 6.07) is 21.7. The lowest BCUT2D eigenvalue weighted by Gasteiger charge is -2.20. The molecule has 1 heterocycles. The van der Waals surface area contributed by atoms with E-state index in [1.807, 2.05) is 69.3 Å². The lowest BCUT2D eigenvalue weighted by Crippen LogP contribution is -2.29. The Bertz CT molecular complexity index is 1870. The van der Waals surface area contributed by atoms with E-state index in [1.54, 1.807) is 12.1 Å². The summed E-state index contributed by atoms with van der Waals surface area (Å²) in [5.41, 5.74) is 0.576. The molecule has 1 aromatic heterocycles. The van der Waals surface area contributed by atoms with Gasteiger partial charge in [-0.05, 0) is 40.6 Å². The number of nitro groups is 1. The van der Waals surface area contributed by atoms with Gasteiger partial charge in [-0.15, -0.1) is 0 Å². The van der Waals surface area contributed by atoms with E-state index in [0.29, 0.717) is 22.3 Å². The highest BCUT2D eigenvalue weighted by atomic mass is 79.9. The molecule has 0 aliphatic heterocycles. The van der Waals surface area contributed by atoms with Gasteiger partial charge in [0.15, 0.2) is 0 Å². The monoisotopic (exact) mass is 618 g/mol. The van der Waals surface area contributed by atoms with Crippen molar-refractivity contribution in [3.05, 3.63) is 120 Å². The first kappa shape index (κ1) is 27.5. The predicted molar refractivity (Wildman–Crippen MR) is 162 cm³/mol. The second-order valence-electron chi connectivity index (χ2n) is 10.2. The highest BCUT2D eigenvalue weighted by Crippen LogP contribution is 2.37. The van der Waals surface area contributed by atoms with E-state index in [9.17, 15) is 14.9 Å². The van der Waals surface area contributed by atoms with E-state index < -0.39 is 10.3 Å². The van der Waals surface area contributed by atoms with Crippen molar-refractivity contribution in [3.63, 3.8) is 0 Å². The van der Waals surface area contributed by atoms with Crippen LogP contribution in [0, 0.1) is 10.1 Å². The Morgan fingerprint density at radius 2 is 1.82 bits per heavy atom.